The van der Waals surface area contributed by atoms with Gasteiger partial charge in [-0.25, -0.2) is 5.43 Å². The first kappa shape index (κ1) is 20.5. The predicted octanol–water partition coefficient (Wildman–Crippen LogP) is 3.74. The van der Waals surface area contributed by atoms with Gasteiger partial charge in [0, 0.05) is 11.1 Å². The smallest absolute Gasteiger partial charge is 0.265 e. The number of benzene rings is 2. The van der Waals surface area contributed by atoms with Crippen LogP contribution < -0.4 is 14.9 Å². The zero-order valence-electron chi connectivity index (χ0n) is 16.4. The fourth-order valence-electron chi connectivity index (χ4n) is 2.41. The second-order valence-electron chi connectivity index (χ2n) is 5.89. The summed E-state index contributed by atoms with van der Waals surface area (Å²) in [6.07, 6.45) is 8.15. The average Bonchev–Trinajstić information content (AvgIpc) is 3.23. The Balaban J connectivity index is 1.70. The van der Waals surface area contributed by atoms with Crippen LogP contribution in [0.5, 0.6) is 11.5 Å². The van der Waals surface area contributed by atoms with Crippen LogP contribution in [0.15, 0.2) is 90.4 Å². The molecular formula is C22H22N6O2. The highest BCUT2D eigenvalue weighted by Crippen LogP contribution is 2.17. The van der Waals surface area contributed by atoms with Gasteiger partial charge in [-0.3, -0.25) is 0 Å². The highest BCUT2D eigenvalue weighted by Gasteiger charge is 2.04. The summed E-state index contributed by atoms with van der Waals surface area (Å²) in [5.74, 6) is 1.77. The van der Waals surface area contributed by atoms with E-state index in [2.05, 4.69) is 39.0 Å². The number of nitrogens with zero attached hydrogens (tertiary/aromatic N) is 5. The van der Waals surface area contributed by atoms with Crippen molar-refractivity contribution in [2.45, 2.75) is 0 Å². The van der Waals surface area contributed by atoms with Gasteiger partial charge in [-0.2, -0.15) is 14.9 Å². The molecule has 0 aliphatic carbocycles. The van der Waals surface area contributed by atoms with Crippen LogP contribution in [0, 0.1) is 0 Å². The second-order valence-corrected chi connectivity index (χ2v) is 5.89. The monoisotopic (exact) mass is 402 g/mol. The summed E-state index contributed by atoms with van der Waals surface area (Å²) in [4.78, 5) is 0. The number of anilines is 1. The first-order valence-electron chi connectivity index (χ1n) is 9.20. The zero-order chi connectivity index (χ0) is 21.0. The minimum atomic E-state index is 0.358. The molecule has 8 heteroatoms. The predicted molar refractivity (Wildman–Crippen MR) is 118 cm³/mol. The van der Waals surface area contributed by atoms with E-state index in [-0.39, 0.29) is 0 Å². The number of ether oxygens (including phenoxy) is 2. The lowest BCUT2D eigenvalue weighted by Gasteiger charge is -2.06. The zero-order valence-corrected chi connectivity index (χ0v) is 16.4. The normalized spacial score (nSPS) is 10.9. The largest absolute Gasteiger partial charge is 0.489 e. The summed E-state index contributed by atoms with van der Waals surface area (Å²) in [7, 11) is 0. The van der Waals surface area contributed by atoms with E-state index in [0.29, 0.717) is 30.7 Å². The third-order valence-corrected chi connectivity index (χ3v) is 3.77. The second kappa shape index (κ2) is 11.0. The first-order valence-corrected chi connectivity index (χ1v) is 9.20. The quantitative estimate of drug-likeness (QED) is 0.300. The molecule has 0 aliphatic rings. The van der Waals surface area contributed by atoms with Crippen molar-refractivity contribution < 1.29 is 9.47 Å². The summed E-state index contributed by atoms with van der Waals surface area (Å²) in [5, 5.41) is 16.5. The molecule has 3 rings (SSSR count). The van der Waals surface area contributed by atoms with E-state index in [4.69, 9.17) is 9.47 Å². The van der Waals surface area contributed by atoms with E-state index in [9.17, 15) is 0 Å². The third kappa shape index (κ3) is 5.65. The molecule has 0 spiro atoms. The molecule has 152 valence electrons. The minimum Gasteiger partial charge on any atom is -0.489 e. The maximum atomic E-state index is 5.63. The van der Waals surface area contributed by atoms with Crippen molar-refractivity contribution in [1.82, 2.24) is 14.9 Å². The molecule has 30 heavy (non-hydrogen) atoms. The van der Waals surface area contributed by atoms with Crippen molar-refractivity contribution in [2.24, 2.45) is 10.2 Å². The van der Waals surface area contributed by atoms with E-state index in [1.54, 1.807) is 24.6 Å². The first-order chi connectivity index (χ1) is 14.8. The van der Waals surface area contributed by atoms with Crippen molar-refractivity contribution in [1.29, 1.82) is 0 Å². The molecule has 1 aromatic heterocycles. The molecule has 0 unspecified atom stereocenters. The molecule has 2 aromatic carbocycles. The van der Waals surface area contributed by atoms with Crippen LogP contribution in [0.2, 0.25) is 0 Å². The van der Waals surface area contributed by atoms with Gasteiger partial charge >= 0.3 is 0 Å². The molecule has 1 N–H and O–H groups in total. The van der Waals surface area contributed by atoms with Crippen LogP contribution in [0.4, 0.5) is 5.95 Å². The number of nitrogens with one attached hydrogen (secondary N) is 1. The Morgan fingerprint density at radius 1 is 0.900 bits per heavy atom. The molecule has 0 fully saturated rings. The van der Waals surface area contributed by atoms with Gasteiger partial charge in [0.2, 0.25) is 0 Å². The Labute approximate surface area is 174 Å². The fraction of sp³-hybridized carbons (Fsp3) is 0.0909. The van der Waals surface area contributed by atoms with Gasteiger partial charge in [0.25, 0.3) is 5.95 Å². The molecule has 0 atom stereocenters. The lowest BCUT2D eigenvalue weighted by molar-refractivity contribution is 0.362. The molecule has 0 radical (unpaired) electrons. The van der Waals surface area contributed by atoms with Crippen LogP contribution in [0.3, 0.4) is 0 Å². The lowest BCUT2D eigenvalue weighted by atomic mass is 10.2. The van der Waals surface area contributed by atoms with Gasteiger partial charge in [0.15, 0.2) is 0 Å². The molecule has 0 bridgehead atoms. The topological polar surface area (TPSA) is 85.9 Å². The molecule has 1 heterocycles. The van der Waals surface area contributed by atoms with Gasteiger partial charge in [0.1, 0.15) is 31.0 Å². The van der Waals surface area contributed by atoms with Crippen LogP contribution in [-0.4, -0.2) is 40.5 Å². The maximum Gasteiger partial charge on any atom is 0.265 e. The summed E-state index contributed by atoms with van der Waals surface area (Å²) in [6, 6.07) is 15.1. The van der Waals surface area contributed by atoms with Crippen molar-refractivity contribution >= 4 is 18.4 Å². The number of hydrogen-bond acceptors (Lipinski definition) is 7. The SMILES string of the molecule is C=CCOc1ccccc1C=NNc1nncn1/N=C/c1ccccc1OCC=C. The van der Waals surface area contributed by atoms with Crippen LogP contribution in [-0.2, 0) is 0 Å². The standard InChI is InChI=1S/C22H22N6O2/c1-3-13-29-20-11-7-5-9-18(20)15-23-26-22-27-24-17-28(22)25-16-19-10-6-8-12-21(19)30-14-4-2/h3-12,15-17H,1-2,13-14H2,(H,26,27)/b23-15?,25-16+. The van der Waals surface area contributed by atoms with Crippen LogP contribution in [0.25, 0.3) is 0 Å². The van der Waals surface area contributed by atoms with Crippen molar-refractivity contribution in [3.8, 4) is 11.5 Å². The highest BCUT2D eigenvalue weighted by molar-refractivity contribution is 5.84. The molecule has 3 aromatic rings. The fourth-order valence-corrected chi connectivity index (χ4v) is 2.41. The van der Waals surface area contributed by atoms with Gasteiger partial charge in [-0.05, 0) is 24.3 Å². The average molecular weight is 402 g/mol. The van der Waals surface area contributed by atoms with Crippen molar-refractivity contribution in [2.75, 3.05) is 18.6 Å². The summed E-state index contributed by atoms with van der Waals surface area (Å²) >= 11 is 0. The van der Waals surface area contributed by atoms with Gasteiger partial charge in [-0.15, -0.1) is 10.2 Å². The Hall–Kier alpha value is -4.20. The molecule has 0 saturated heterocycles. The van der Waals surface area contributed by atoms with E-state index in [1.807, 2.05) is 48.5 Å². The molecule has 0 saturated carbocycles. The van der Waals surface area contributed by atoms with Crippen LogP contribution in [0.1, 0.15) is 11.1 Å². The van der Waals surface area contributed by atoms with E-state index in [0.717, 1.165) is 11.1 Å². The summed E-state index contributed by atoms with van der Waals surface area (Å²) in [6.45, 7) is 8.15. The van der Waals surface area contributed by atoms with Crippen molar-refractivity contribution in [3.05, 3.63) is 91.3 Å². The number of aromatic nitrogens is 3. The Kier molecular flexibility index (Phi) is 7.50. The highest BCUT2D eigenvalue weighted by atomic mass is 16.5. The maximum absolute atomic E-state index is 5.63. The Morgan fingerprint density at radius 2 is 1.50 bits per heavy atom. The number of para-hydroxylation sites is 2. The summed E-state index contributed by atoms with van der Waals surface area (Å²) in [5.41, 5.74) is 4.47. The van der Waals surface area contributed by atoms with Gasteiger partial charge in [0.05, 0.1) is 12.4 Å². The van der Waals surface area contributed by atoms with E-state index in [1.165, 1.54) is 11.0 Å². The number of hydrogen-bond donors (Lipinski definition) is 1. The number of hydrazone groups is 1. The number of rotatable bonds is 11. The molecular weight excluding hydrogens is 380 g/mol. The molecule has 8 nitrogen and oxygen atoms in total. The minimum absolute atomic E-state index is 0.358. The van der Waals surface area contributed by atoms with Crippen molar-refractivity contribution in [3.63, 3.8) is 0 Å². The third-order valence-electron chi connectivity index (χ3n) is 3.77. The van der Waals surface area contributed by atoms with Gasteiger partial charge in [-0.1, -0.05) is 49.6 Å². The summed E-state index contributed by atoms with van der Waals surface area (Å²) < 4.78 is 12.7. The Morgan fingerprint density at radius 3 is 2.13 bits per heavy atom. The Bertz CT molecular complexity index is 1040. The molecule has 0 aliphatic heterocycles. The van der Waals surface area contributed by atoms with E-state index >= 15 is 0 Å². The molecule has 0 amide bonds. The van der Waals surface area contributed by atoms with Gasteiger partial charge < -0.3 is 9.47 Å². The van der Waals surface area contributed by atoms with E-state index < -0.39 is 0 Å². The van der Waals surface area contributed by atoms with Crippen LogP contribution >= 0.6 is 0 Å². The lowest BCUT2D eigenvalue weighted by Crippen LogP contribution is -2.01.